The Balaban J connectivity index is 3.92. The molecule has 0 saturated carbocycles. The second-order valence-corrected chi connectivity index (χ2v) is 25.3. The fourth-order valence-corrected chi connectivity index (χ4v) is 10.7. The van der Waals surface area contributed by atoms with Crippen LogP contribution in [0.5, 0.6) is 0 Å². The minimum absolute atomic E-state index is 0.0345. The molecule has 0 aliphatic rings. The summed E-state index contributed by atoms with van der Waals surface area (Å²) in [4.78, 5) is 35.7. The smallest absolute Gasteiger partial charge is 0.462 e. The standard InChI is InChI=1S/C65H128NO8P/c1-6-8-10-12-14-16-18-20-22-24-25-26-27-28-29-30-31-32-33-34-35-36-37-38-39-40-42-43-45-47-49-51-53-55-57-64(67)71-61-63(62-73-75(69,70)72-60-59-66(3,4)5)74-65(68)58-56-54-52-50-48-46-44-41-23-21-19-17-15-13-11-9-7-2/h21,23,63H,6-20,22,24-62H2,1-5H3/p+1/b23-21-. The summed E-state index contributed by atoms with van der Waals surface area (Å²) in [5.41, 5.74) is 0. The van der Waals surface area contributed by atoms with Crippen LogP contribution in [0.15, 0.2) is 12.2 Å². The quantitative estimate of drug-likeness (QED) is 0.0211. The van der Waals surface area contributed by atoms with Gasteiger partial charge in [-0.3, -0.25) is 18.6 Å². The molecule has 10 heteroatoms. The van der Waals surface area contributed by atoms with Crippen LogP contribution in [0.3, 0.4) is 0 Å². The summed E-state index contributed by atoms with van der Waals surface area (Å²) in [6.07, 6.45) is 68.9. The van der Waals surface area contributed by atoms with Gasteiger partial charge in [-0.1, -0.05) is 302 Å². The number of nitrogens with zero attached hydrogens (tertiary/aromatic N) is 1. The van der Waals surface area contributed by atoms with Crippen LogP contribution in [0.4, 0.5) is 0 Å². The fourth-order valence-electron chi connectivity index (χ4n) is 9.96. The molecule has 0 rings (SSSR count). The third-order valence-corrected chi connectivity index (χ3v) is 16.0. The Morgan fingerprint density at radius 3 is 0.987 bits per heavy atom. The Hall–Kier alpha value is -1.25. The molecule has 0 aromatic carbocycles. The van der Waals surface area contributed by atoms with Crippen molar-refractivity contribution in [1.82, 2.24) is 0 Å². The number of quaternary nitrogens is 1. The van der Waals surface area contributed by atoms with Crippen molar-refractivity contribution in [2.45, 2.75) is 347 Å². The van der Waals surface area contributed by atoms with Crippen LogP contribution in [-0.2, 0) is 32.7 Å². The van der Waals surface area contributed by atoms with Gasteiger partial charge in [0.2, 0.25) is 0 Å². The van der Waals surface area contributed by atoms with Crippen molar-refractivity contribution >= 4 is 19.8 Å². The highest BCUT2D eigenvalue weighted by Gasteiger charge is 2.27. The minimum atomic E-state index is -4.38. The van der Waals surface area contributed by atoms with Gasteiger partial charge in [-0.15, -0.1) is 0 Å². The van der Waals surface area contributed by atoms with Gasteiger partial charge < -0.3 is 18.9 Å². The predicted molar refractivity (Wildman–Crippen MR) is 321 cm³/mol. The summed E-state index contributed by atoms with van der Waals surface area (Å²) in [5.74, 6) is -0.782. The van der Waals surface area contributed by atoms with Crippen LogP contribution in [0.1, 0.15) is 341 Å². The van der Waals surface area contributed by atoms with E-state index in [4.69, 9.17) is 18.5 Å². The average molecular weight is 1080 g/mol. The average Bonchev–Trinajstić information content (AvgIpc) is 3.37. The molecule has 0 fully saturated rings. The molecule has 446 valence electrons. The number of carbonyl (C=O) groups is 2. The van der Waals surface area contributed by atoms with Gasteiger partial charge in [-0.2, -0.15) is 0 Å². The molecule has 0 aliphatic carbocycles. The first-order valence-corrected chi connectivity index (χ1v) is 34.4. The number of carbonyl (C=O) groups excluding carboxylic acids is 2. The first-order chi connectivity index (χ1) is 36.5. The van der Waals surface area contributed by atoms with Crippen LogP contribution in [-0.4, -0.2) is 74.9 Å². The third-order valence-electron chi connectivity index (χ3n) is 15.0. The zero-order valence-electron chi connectivity index (χ0n) is 50.8. The Kier molecular flexibility index (Phi) is 56.5. The molecule has 75 heavy (non-hydrogen) atoms. The van der Waals surface area contributed by atoms with E-state index in [0.29, 0.717) is 23.9 Å². The Labute approximate surface area is 466 Å². The summed E-state index contributed by atoms with van der Waals surface area (Å²) in [5, 5.41) is 0. The van der Waals surface area contributed by atoms with Crippen molar-refractivity contribution in [3.63, 3.8) is 0 Å². The number of ether oxygens (including phenoxy) is 2. The van der Waals surface area contributed by atoms with Gasteiger partial charge in [0.25, 0.3) is 0 Å². The molecule has 0 aromatic rings. The number of phosphoric ester groups is 1. The third kappa shape index (κ3) is 61.8. The van der Waals surface area contributed by atoms with Gasteiger partial charge in [0.1, 0.15) is 19.8 Å². The maximum Gasteiger partial charge on any atom is 0.472 e. The summed E-state index contributed by atoms with van der Waals surface area (Å²) in [6.45, 7) is 4.49. The van der Waals surface area contributed by atoms with Crippen LogP contribution in [0.2, 0.25) is 0 Å². The molecular weight excluding hydrogens is 954 g/mol. The van der Waals surface area contributed by atoms with E-state index in [0.717, 1.165) is 44.9 Å². The molecule has 0 bridgehead atoms. The molecule has 0 aliphatic heterocycles. The van der Waals surface area contributed by atoms with E-state index in [2.05, 4.69) is 26.0 Å². The number of rotatable bonds is 62. The molecule has 0 saturated heterocycles. The molecule has 0 spiro atoms. The Bertz CT molecular complexity index is 1270. The maximum absolute atomic E-state index is 12.8. The van der Waals surface area contributed by atoms with E-state index in [9.17, 15) is 19.0 Å². The first-order valence-electron chi connectivity index (χ1n) is 32.9. The lowest BCUT2D eigenvalue weighted by molar-refractivity contribution is -0.870. The molecule has 2 unspecified atom stereocenters. The SMILES string of the molecule is CCCCCCCC/C=C\CCCCCCCCCC(=O)OC(COC(=O)CCCCCCCCCCCCCCCCCCCCCCCCCCCCCCCCCCCC)COP(=O)(O)OCC[N+](C)(C)C. The predicted octanol–water partition coefficient (Wildman–Crippen LogP) is 20.8. The number of esters is 2. The van der Waals surface area contributed by atoms with E-state index < -0.39 is 26.5 Å². The van der Waals surface area contributed by atoms with Gasteiger partial charge in [-0.05, 0) is 38.5 Å². The van der Waals surface area contributed by atoms with Gasteiger partial charge in [0.05, 0.1) is 27.7 Å². The molecular formula is C65H129NO8P+. The molecule has 0 amide bonds. The summed E-state index contributed by atoms with van der Waals surface area (Å²) in [6, 6.07) is 0. The second kappa shape index (κ2) is 57.4. The zero-order valence-corrected chi connectivity index (χ0v) is 51.7. The van der Waals surface area contributed by atoms with Gasteiger partial charge in [0, 0.05) is 12.8 Å². The molecule has 9 nitrogen and oxygen atoms in total. The van der Waals surface area contributed by atoms with Crippen LogP contribution >= 0.6 is 7.82 Å². The lowest BCUT2D eigenvalue weighted by atomic mass is 10.0. The van der Waals surface area contributed by atoms with Crippen molar-refractivity contribution < 1.29 is 42.1 Å². The molecule has 0 heterocycles. The van der Waals surface area contributed by atoms with E-state index in [1.54, 1.807) is 0 Å². The summed E-state index contributed by atoms with van der Waals surface area (Å²) < 4.78 is 34.6. The van der Waals surface area contributed by atoms with Crippen molar-refractivity contribution in [2.24, 2.45) is 0 Å². The Morgan fingerprint density at radius 1 is 0.400 bits per heavy atom. The van der Waals surface area contributed by atoms with E-state index >= 15 is 0 Å². The van der Waals surface area contributed by atoms with E-state index in [1.807, 2.05) is 21.1 Å². The molecule has 1 N–H and O–H groups in total. The highest BCUT2D eigenvalue weighted by molar-refractivity contribution is 7.47. The van der Waals surface area contributed by atoms with E-state index in [-0.39, 0.29) is 25.6 Å². The van der Waals surface area contributed by atoms with Crippen LogP contribution in [0, 0.1) is 0 Å². The molecule has 2 atom stereocenters. The van der Waals surface area contributed by atoms with Crippen molar-refractivity contribution in [2.75, 3.05) is 47.5 Å². The normalized spacial score (nSPS) is 13.2. The highest BCUT2D eigenvalue weighted by Crippen LogP contribution is 2.43. The number of hydrogen-bond donors (Lipinski definition) is 1. The fraction of sp³-hybridized carbons (Fsp3) is 0.938. The van der Waals surface area contributed by atoms with Crippen LogP contribution in [0.25, 0.3) is 0 Å². The first kappa shape index (κ1) is 73.8. The Morgan fingerprint density at radius 2 is 0.680 bits per heavy atom. The number of allylic oxidation sites excluding steroid dienone is 2. The molecule has 0 radical (unpaired) electrons. The number of unbranched alkanes of at least 4 members (excludes halogenated alkanes) is 46. The number of phosphoric acid groups is 1. The molecule has 0 aromatic heterocycles. The van der Waals surface area contributed by atoms with Crippen LogP contribution < -0.4 is 0 Å². The minimum Gasteiger partial charge on any atom is -0.462 e. The van der Waals surface area contributed by atoms with Crippen molar-refractivity contribution in [3.05, 3.63) is 12.2 Å². The zero-order chi connectivity index (χ0) is 54.9. The largest absolute Gasteiger partial charge is 0.472 e. The van der Waals surface area contributed by atoms with E-state index in [1.165, 1.54) is 263 Å². The van der Waals surface area contributed by atoms with Crippen molar-refractivity contribution in [1.29, 1.82) is 0 Å². The lowest BCUT2D eigenvalue weighted by Gasteiger charge is -2.24. The number of likely N-dealkylation sites (N-methyl/N-ethyl adjacent to an activating group) is 1. The maximum atomic E-state index is 12.8. The van der Waals surface area contributed by atoms with Gasteiger partial charge in [0.15, 0.2) is 6.10 Å². The van der Waals surface area contributed by atoms with Gasteiger partial charge in [-0.25, -0.2) is 4.57 Å². The summed E-state index contributed by atoms with van der Waals surface area (Å²) >= 11 is 0. The van der Waals surface area contributed by atoms with Crippen molar-refractivity contribution in [3.8, 4) is 0 Å². The highest BCUT2D eigenvalue weighted by atomic mass is 31.2. The topological polar surface area (TPSA) is 108 Å². The monoisotopic (exact) mass is 1080 g/mol. The second-order valence-electron chi connectivity index (χ2n) is 23.9. The van der Waals surface area contributed by atoms with Gasteiger partial charge >= 0.3 is 19.8 Å². The summed E-state index contributed by atoms with van der Waals surface area (Å²) in [7, 11) is 1.49. The lowest BCUT2D eigenvalue weighted by Crippen LogP contribution is -2.37. The number of hydrogen-bond acceptors (Lipinski definition) is 7.